The predicted molar refractivity (Wildman–Crippen MR) is 173 cm³/mol. The Kier molecular flexibility index (Phi) is 10.5. The average molecular weight is 628 g/mol. The first-order chi connectivity index (χ1) is 20.9. The molecule has 228 valence electrons. The van der Waals surface area contributed by atoms with Crippen molar-refractivity contribution in [2.75, 3.05) is 93.1 Å². The molecule has 10 nitrogen and oxygen atoms in total. The lowest BCUT2D eigenvalue weighted by molar-refractivity contribution is 0.0383. The van der Waals surface area contributed by atoms with E-state index in [9.17, 15) is 9.59 Å². The van der Waals surface area contributed by atoms with Crippen LogP contribution in [0.5, 0.6) is 5.75 Å². The maximum Gasteiger partial charge on any atom is 0.323 e. The fraction of sp³-hybridized carbons (Fsp3) is 0.355. The molecule has 2 saturated heterocycles. The predicted octanol–water partition coefficient (Wildman–Crippen LogP) is 5.03. The highest BCUT2D eigenvalue weighted by Gasteiger charge is 2.24. The number of hydrogen-bond acceptors (Lipinski definition) is 7. The second-order valence-electron chi connectivity index (χ2n) is 10.3. The van der Waals surface area contributed by atoms with Crippen LogP contribution in [0, 0.1) is 0 Å². The normalized spacial score (nSPS) is 15.6. The van der Waals surface area contributed by atoms with Crippen LogP contribution in [0.25, 0.3) is 0 Å². The number of hydrogen-bond donors (Lipinski definition) is 3. The number of urea groups is 1. The van der Waals surface area contributed by atoms with Crippen molar-refractivity contribution in [1.82, 2.24) is 10.2 Å². The van der Waals surface area contributed by atoms with E-state index in [0.29, 0.717) is 59.8 Å². The first-order valence-electron chi connectivity index (χ1n) is 14.3. The zero-order valence-electron chi connectivity index (χ0n) is 24.1. The summed E-state index contributed by atoms with van der Waals surface area (Å²) in [5, 5.41) is 9.42. The Morgan fingerprint density at radius 1 is 0.860 bits per heavy atom. The molecule has 43 heavy (non-hydrogen) atoms. The van der Waals surface area contributed by atoms with E-state index in [2.05, 4.69) is 36.7 Å². The van der Waals surface area contributed by atoms with Gasteiger partial charge in [-0.3, -0.25) is 9.69 Å². The molecule has 0 saturated carbocycles. The molecule has 12 heteroatoms. The minimum Gasteiger partial charge on any atom is -0.495 e. The number of para-hydroxylation sites is 2. The topological polar surface area (TPSA) is 98.4 Å². The Hall–Kier alpha value is -3.70. The second kappa shape index (κ2) is 14.7. The zero-order chi connectivity index (χ0) is 30.2. The number of carbonyl (C=O) groups is 2. The quantitative estimate of drug-likeness (QED) is 0.306. The van der Waals surface area contributed by atoms with Crippen molar-refractivity contribution in [3.63, 3.8) is 0 Å². The van der Waals surface area contributed by atoms with Crippen LogP contribution in [-0.4, -0.2) is 89.5 Å². The summed E-state index contributed by atoms with van der Waals surface area (Å²) in [7, 11) is 1.68. The number of benzene rings is 3. The summed E-state index contributed by atoms with van der Waals surface area (Å²) in [4.78, 5) is 33.1. The summed E-state index contributed by atoms with van der Waals surface area (Å²) in [5.74, 6) is 0.644. The van der Waals surface area contributed by atoms with Gasteiger partial charge < -0.3 is 35.2 Å². The zero-order valence-corrected chi connectivity index (χ0v) is 25.6. The maximum absolute atomic E-state index is 13.6. The fourth-order valence-electron chi connectivity index (χ4n) is 5.27. The van der Waals surface area contributed by atoms with E-state index in [1.807, 2.05) is 24.3 Å². The number of ether oxygens (including phenoxy) is 2. The van der Waals surface area contributed by atoms with Crippen molar-refractivity contribution in [2.45, 2.75) is 0 Å². The number of methoxy groups -OCH3 is 1. The number of amides is 3. The molecule has 3 amide bonds. The van der Waals surface area contributed by atoms with Crippen LogP contribution in [0.15, 0.2) is 60.7 Å². The molecule has 3 aromatic rings. The Bertz CT molecular complexity index is 1430. The fourth-order valence-corrected chi connectivity index (χ4v) is 5.73. The van der Waals surface area contributed by atoms with E-state index in [1.54, 1.807) is 37.4 Å². The van der Waals surface area contributed by atoms with Gasteiger partial charge in [-0.1, -0.05) is 35.3 Å². The minimum absolute atomic E-state index is 0.194. The average Bonchev–Trinajstić information content (AvgIpc) is 3.03. The summed E-state index contributed by atoms with van der Waals surface area (Å²) in [6.45, 7) is 7.32. The van der Waals surface area contributed by atoms with Gasteiger partial charge in [0.1, 0.15) is 5.75 Å². The van der Waals surface area contributed by atoms with Crippen molar-refractivity contribution >= 4 is 57.9 Å². The molecule has 2 heterocycles. The van der Waals surface area contributed by atoms with Gasteiger partial charge in [0, 0.05) is 68.8 Å². The number of nitrogens with zero attached hydrogens (tertiary/aromatic N) is 3. The molecule has 0 aromatic heterocycles. The van der Waals surface area contributed by atoms with E-state index in [0.717, 1.165) is 49.8 Å². The van der Waals surface area contributed by atoms with E-state index in [1.165, 1.54) is 0 Å². The largest absolute Gasteiger partial charge is 0.495 e. The van der Waals surface area contributed by atoms with Crippen LogP contribution in [-0.2, 0) is 4.74 Å². The molecule has 0 atom stereocenters. The highest BCUT2D eigenvalue weighted by molar-refractivity contribution is 6.36. The summed E-state index contributed by atoms with van der Waals surface area (Å²) in [5.41, 5.74) is 3.27. The molecule has 2 fully saturated rings. The molecule has 5 rings (SSSR count). The first-order valence-corrected chi connectivity index (χ1v) is 15.0. The number of anilines is 4. The smallest absolute Gasteiger partial charge is 0.323 e. The SMILES string of the molecule is COc1ccccc1N1CCN(c2ccc(NC(=O)Nc3ccc(Cl)cc3Cl)cc2C(=O)NCCN2CCOCC2)CC1. The second-order valence-corrected chi connectivity index (χ2v) is 11.1. The van der Waals surface area contributed by atoms with Gasteiger partial charge in [-0.05, 0) is 48.5 Å². The number of carbonyl (C=O) groups excluding carboxylic acids is 2. The van der Waals surface area contributed by atoms with Gasteiger partial charge in [-0.2, -0.15) is 0 Å². The Labute approximate surface area is 261 Å². The van der Waals surface area contributed by atoms with E-state index >= 15 is 0 Å². The standard InChI is InChI=1S/C31H36Cl2N6O4/c1-42-29-5-3-2-4-28(29)39-14-12-38(13-15-39)27-9-7-23(35-31(41)36-26-8-6-22(32)20-25(26)33)21-24(27)30(40)34-10-11-37-16-18-43-19-17-37/h2-9,20-21H,10-19H2,1H3,(H,34,40)(H2,35,36,41). The lowest BCUT2D eigenvalue weighted by Crippen LogP contribution is -2.47. The highest BCUT2D eigenvalue weighted by atomic mass is 35.5. The van der Waals surface area contributed by atoms with Gasteiger partial charge in [0.05, 0.1) is 42.3 Å². The van der Waals surface area contributed by atoms with Gasteiger partial charge in [0.2, 0.25) is 0 Å². The van der Waals surface area contributed by atoms with Gasteiger partial charge in [-0.15, -0.1) is 0 Å². The molecule has 3 aromatic carbocycles. The minimum atomic E-state index is -0.485. The van der Waals surface area contributed by atoms with Gasteiger partial charge in [0.25, 0.3) is 5.91 Å². The molecule has 0 spiro atoms. The Morgan fingerprint density at radius 2 is 1.58 bits per heavy atom. The van der Waals surface area contributed by atoms with Crippen molar-refractivity contribution in [3.05, 3.63) is 76.3 Å². The monoisotopic (exact) mass is 626 g/mol. The molecule has 0 aliphatic carbocycles. The van der Waals surface area contributed by atoms with E-state index in [-0.39, 0.29) is 5.91 Å². The van der Waals surface area contributed by atoms with Crippen LogP contribution < -0.4 is 30.5 Å². The van der Waals surface area contributed by atoms with E-state index in [4.69, 9.17) is 32.7 Å². The van der Waals surface area contributed by atoms with Crippen molar-refractivity contribution in [3.8, 4) is 5.75 Å². The molecule has 2 aliphatic rings. The molecule has 0 unspecified atom stereocenters. The lowest BCUT2D eigenvalue weighted by Gasteiger charge is -2.38. The lowest BCUT2D eigenvalue weighted by atomic mass is 10.1. The van der Waals surface area contributed by atoms with Crippen LogP contribution in [0.1, 0.15) is 10.4 Å². The van der Waals surface area contributed by atoms with E-state index < -0.39 is 6.03 Å². The Balaban J connectivity index is 1.30. The molecule has 0 bridgehead atoms. The summed E-state index contributed by atoms with van der Waals surface area (Å²) in [6, 6.07) is 17.7. The van der Waals surface area contributed by atoms with Crippen LogP contribution in [0.3, 0.4) is 0 Å². The third-order valence-electron chi connectivity index (χ3n) is 7.54. The molecular formula is C31H36Cl2N6O4. The number of halogens is 2. The third-order valence-corrected chi connectivity index (χ3v) is 8.09. The number of nitrogens with one attached hydrogen (secondary N) is 3. The molecular weight excluding hydrogens is 591 g/mol. The summed E-state index contributed by atoms with van der Waals surface area (Å²) in [6.07, 6.45) is 0. The first kappa shape index (κ1) is 30.7. The third kappa shape index (κ3) is 8.03. The van der Waals surface area contributed by atoms with Crippen LogP contribution >= 0.6 is 23.2 Å². The number of morpholine rings is 1. The molecule has 0 radical (unpaired) electrons. The Morgan fingerprint density at radius 3 is 2.30 bits per heavy atom. The maximum atomic E-state index is 13.6. The van der Waals surface area contributed by atoms with Gasteiger partial charge in [-0.25, -0.2) is 4.79 Å². The molecule has 2 aliphatic heterocycles. The van der Waals surface area contributed by atoms with Crippen molar-refractivity contribution in [1.29, 1.82) is 0 Å². The van der Waals surface area contributed by atoms with Gasteiger partial charge >= 0.3 is 6.03 Å². The summed E-state index contributed by atoms with van der Waals surface area (Å²) < 4.78 is 11.0. The highest BCUT2D eigenvalue weighted by Crippen LogP contribution is 2.31. The van der Waals surface area contributed by atoms with Crippen LogP contribution in [0.4, 0.5) is 27.5 Å². The number of rotatable bonds is 9. The summed E-state index contributed by atoms with van der Waals surface area (Å²) >= 11 is 12.2. The van der Waals surface area contributed by atoms with Crippen molar-refractivity contribution in [2.24, 2.45) is 0 Å². The van der Waals surface area contributed by atoms with Gasteiger partial charge in [0.15, 0.2) is 0 Å². The number of piperazine rings is 1. The van der Waals surface area contributed by atoms with Crippen molar-refractivity contribution < 1.29 is 19.1 Å². The van der Waals surface area contributed by atoms with Crippen LogP contribution in [0.2, 0.25) is 10.0 Å². The molecule has 3 N–H and O–H groups in total.